The number of hydrogen-bond donors (Lipinski definition) is 2. The Balaban J connectivity index is 1.67. The zero-order chi connectivity index (χ0) is 22.2. The fraction of sp³-hybridized carbons (Fsp3) is 0.261. The number of benzene rings is 3. The molecular weight excluding hydrogens is 432 g/mol. The largest absolute Gasteiger partial charge is 0.289 e. The van der Waals surface area contributed by atoms with E-state index in [1.165, 1.54) is 16.1 Å². The SMILES string of the molecule is CC1(C)SCCN(S(=O)(=O)c2ccc(-c3ccc4ccccc4c3)cc2)[C@H]1C(=O)NO. The third-order valence-electron chi connectivity index (χ3n) is 5.63. The van der Waals surface area contributed by atoms with Gasteiger partial charge >= 0.3 is 0 Å². The molecule has 0 unspecified atom stereocenters. The van der Waals surface area contributed by atoms with Crippen LogP contribution in [0.3, 0.4) is 0 Å². The number of nitrogens with zero attached hydrogens (tertiary/aromatic N) is 1. The smallest absolute Gasteiger partial charge is 0.263 e. The Hall–Kier alpha value is -2.39. The van der Waals surface area contributed by atoms with Crippen molar-refractivity contribution >= 4 is 38.5 Å². The molecule has 0 radical (unpaired) electrons. The summed E-state index contributed by atoms with van der Waals surface area (Å²) >= 11 is 1.51. The predicted octanol–water partition coefficient (Wildman–Crippen LogP) is 3.90. The minimum atomic E-state index is -3.92. The minimum absolute atomic E-state index is 0.121. The zero-order valence-electron chi connectivity index (χ0n) is 17.3. The van der Waals surface area contributed by atoms with Gasteiger partial charge < -0.3 is 0 Å². The molecule has 8 heteroatoms. The first-order valence-electron chi connectivity index (χ1n) is 9.93. The van der Waals surface area contributed by atoms with Crippen LogP contribution in [-0.2, 0) is 14.8 Å². The van der Waals surface area contributed by atoms with Crippen molar-refractivity contribution in [2.75, 3.05) is 12.3 Å². The number of fused-ring (bicyclic) bond motifs is 1. The molecule has 1 aliphatic rings. The molecular formula is C23H24N2O4S2. The molecule has 1 amide bonds. The molecule has 1 heterocycles. The van der Waals surface area contributed by atoms with Gasteiger partial charge in [-0.1, -0.05) is 48.5 Å². The number of nitrogens with one attached hydrogen (secondary N) is 1. The van der Waals surface area contributed by atoms with Crippen molar-refractivity contribution in [3.8, 4) is 11.1 Å². The maximum absolute atomic E-state index is 13.4. The van der Waals surface area contributed by atoms with Gasteiger partial charge in [-0.3, -0.25) is 10.0 Å². The van der Waals surface area contributed by atoms with E-state index in [9.17, 15) is 18.4 Å². The van der Waals surface area contributed by atoms with Crippen LogP contribution in [0, 0.1) is 0 Å². The molecule has 0 spiro atoms. The summed E-state index contributed by atoms with van der Waals surface area (Å²) in [7, 11) is -3.92. The first kappa shape index (κ1) is 21.8. The molecule has 1 aliphatic heterocycles. The summed E-state index contributed by atoms with van der Waals surface area (Å²) in [5.74, 6) is -0.162. The highest BCUT2D eigenvalue weighted by molar-refractivity contribution is 8.00. The van der Waals surface area contributed by atoms with Crippen LogP contribution >= 0.6 is 11.8 Å². The van der Waals surface area contributed by atoms with Crippen molar-refractivity contribution in [3.63, 3.8) is 0 Å². The van der Waals surface area contributed by atoms with Crippen LogP contribution in [0.2, 0.25) is 0 Å². The van der Waals surface area contributed by atoms with Gasteiger partial charge in [0.1, 0.15) is 6.04 Å². The third-order valence-corrected chi connectivity index (χ3v) is 8.87. The third kappa shape index (κ3) is 4.08. The number of amides is 1. The number of sulfonamides is 1. The molecule has 4 rings (SSSR count). The van der Waals surface area contributed by atoms with Gasteiger partial charge in [0.2, 0.25) is 10.0 Å². The Morgan fingerprint density at radius 3 is 2.35 bits per heavy atom. The first-order valence-corrected chi connectivity index (χ1v) is 12.4. The fourth-order valence-electron chi connectivity index (χ4n) is 4.04. The van der Waals surface area contributed by atoms with E-state index >= 15 is 0 Å². The Bertz CT molecular complexity index is 1220. The van der Waals surface area contributed by atoms with E-state index in [4.69, 9.17) is 0 Å². The minimum Gasteiger partial charge on any atom is -0.289 e. The van der Waals surface area contributed by atoms with Gasteiger partial charge in [0.25, 0.3) is 5.91 Å². The molecule has 0 saturated carbocycles. The van der Waals surface area contributed by atoms with Gasteiger partial charge in [-0.15, -0.1) is 0 Å². The molecule has 0 aliphatic carbocycles. The maximum Gasteiger partial charge on any atom is 0.263 e. The Morgan fingerprint density at radius 2 is 1.68 bits per heavy atom. The monoisotopic (exact) mass is 456 g/mol. The molecule has 0 aromatic heterocycles. The molecule has 0 bridgehead atoms. The van der Waals surface area contributed by atoms with Gasteiger partial charge in [-0.05, 0) is 53.9 Å². The lowest BCUT2D eigenvalue weighted by Gasteiger charge is -2.43. The predicted molar refractivity (Wildman–Crippen MR) is 124 cm³/mol. The van der Waals surface area contributed by atoms with Gasteiger partial charge in [0, 0.05) is 17.0 Å². The van der Waals surface area contributed by atoms with E-state index in [2.05, 4.69) is 6.07 Å². The Morgan fingerprint density at radius 1 is 1.03 bits per heavy atom. The van der Waals surface area contributed by atoms with Crippen molar-refractivity contribution in [3.05, 3.63) is 66.7 Å². The van der Waals surface area contributed by atoms with Crippen LogP contribution in [0.4, 0.5) is 0 Å². The molecule has 31 heavy (non-hydrogen) atoms. The molecule has 3 aromatic rings. The van der Waals surface area contributed by atoms with Crippen LogP contribution in [0.1, 0.15) is 13.8 Å². The molecule has 1 fully saturated rings. The summed E-state index contributed by atoms with van der Waals surface area (Å²) in [6, 6.07) is 19.9. The highest BCUT2D eigenvalue weighted by Crippen LogP contribution is 2.38. The summed E-state index contributed by atoms with van der Waals surface area (Å²) in [5.41, 5.74) is 3.53. The lowest BCUT2D eigenvalue weighted by atomic mass is 10.0. The van der Waals surface area contributed by atoms with Gasteiger partial charge in [-0.2, -0.15) is 16.1 Å². The number of rotatable bonds is 4. The standard InChI is InChI=1S/C23H24N2O4S2/c1-23(2)21(22(26)24-27)25(13-14-30-23)31(28,29)20-11-9-17(10-12-20)19-8-7-16-5-3-4-6-18(16)15-19/h3-12,15,21,27H,13-14H2,1-2H3,(H,24,26)/t21-/m0/s1. The van der Waals surface area contributed by atoms with E-state index in [-0.39, 0.29) is 11.4 Å². The Kier molecular flexibility index (Phi) is 5.83. The van der Waals surface area contributed by atoms with Crippen molar-refractivity contribution in [1.82, 2.24) is 9.79 Å². The normalized spacial score (nSPS) is 19.3. The number of thioether (sulfide) groups is 1. The van der Waals surface area contributed by atoms with Crippen LogP contribution in [0.5, 0.6) is 0 Å². The molecule has 1 atom stereocenters. The van der Waals surface area contributed by atoms with Crippen molar-refractivity contribution in [2.24, 2.45) is 0 Å². The number of hydrogen-bond acceptors (Lipinski definition) is 5. The maximum atomic E-state index is 13.4. The highest BCUT2D eigenvalue weighted by atomic mass is 32.2. The zero-order valence-corrected chi connectivity index (χ0v) is 18.9. The van der Waals surface area contributed by atoms with Crippen molar-refractivity contribution in [1.29, 1.82) is 0 Å². The Labute approximate surface area is 186 Å². The highest BCUT2D eigenvalue weighted by Gasteiger charge is 2.48. The van der Waals surface area contributed by atoms with E-state index in [1.54, 1.807) is 29.7 Å². The van der Waals surface area contributed by atoms with E-state index in [0.29, 0.717) is 5.75 Å². The van der Waals surface area contributed by atoms with Crippen LogP contribution in [-0.4, -0.2) is 46.9 Å². The fourth-order valence-corrected chi connectivity index (χ4v) is 7.15. The van der Waals surface area contributed by atoms with Crippen molar-refractivity contribution in [2.45, 2.75) is 29.5 Å². The van der Waals surface area contributed by atoms with Gasteiger partial charge in [0.15, 0.2) is 0 Å². The summed E-state index contributed by atoms with van der Waals surface area (Å²) in [6.45, 7) is 3.81. The topological polar surface area (TPSA) is 86.7 Å². The number of carbonyl (C=O) groups excluding carboxylic acids is 1. The molecule has 162 valence electrons. The average molecular weight is 457 g/mol. The molecule has 2 N–H and O–H groups in total. The van der Waals surface area contributed by atoms with Crippen LogP contribution in [0.15, 0.2) is 71.6 Å². The molecule has 1 saturated heterocycles. The molecule has 6 nitrogen and oxygen atoms in total. The quantitative estimate of drug-likeness (QED) is 0.459. The second-order valence-corrected chi connectivity index (χ2v) is 11.7. The van der Waals surface area contributed by atoms with Crippen LogP contribution < -0.4 is 5.48 Å². The summed E-state index contributed by atoms with van der Waals surface area (Å²) in [6.07, 6.45) is 0. The summed E-state index contributed by atoms with van der Waals surface area (Å²) in [5, 5.41) is 11.4. The summed E-state index contributed by atoms with van der Waals surface area (Å²) < 4.78 is 27.3. The van der Waals surface area contributed by atoms with Crippen molar-refractivity contribution < 1.29 is 18.4 Å². The number of hydroxylamine groups is 1. The average Bonchev–Trinajstić information content (AvgIpc) is 2.77. The van der Waals surface area contributed by atoms with E-state index in [0.717, 1.165) is 21.9 Å². The second-order valence-electron chi connectivity index (χ2n) is 8.03. The van der Waals surface area contributed by atoms with Gasteiger partial charge in [-0.25, -0.2) is 13.9 Å². The van der Waals surface area contributed by atoms with E-state index in [1.807, 2.05) is 50.2 Å². The number of carbonyl (C=O) groups is 1. The van der Waals surface area contributed by atoms with Crippen LogP contribution in [0.25, 0.3) is 21.9 Å². The van der Waals surface area contributed by atoms with Gasteiger partial charge in [0.05, 0.1) is 4.90 Å². The molecule has 3 aromatic carbocycles. The lowest BCUT2D eigenvalue weighted by molar-refractivity contribution is -0.134. The first-order chi connectivity index (χ1) is 14.7. The van der Waals surface area contributed by atoms with E-state index < -0.39 is 26.7 Å². The second kappa shape index (κ2) is 8.27. The lowest BCUT2D eigenvalue weighted by Crippen LogP contribution is -2.61. The summed E-state index contributed by atoms with van der Waals surface area (Å²) in [4.78, 5) is 12.5.